The van der Waals surface area contributed by atoms with E-state index in [4.69, 9.17) is 9.47 Å². The van der Waals surface area contributed by atoms with E-state index in [9.17, 15) is 4.79 Å². The number of benzene rings is 1. The van der Waals surface area contributed by atoms with Crippen LogP contribution in [0.25, 0.3) is 10.9 Å². The van der Waals surface area contributed by atoms with Gasteiger partial charge >= 0.3 is 5.97 Å². The lowest BCUT2D eigenvalue weighted by molar-refractivity contribution is 0.0526. The predicted molar refractivity (Wildman–Crippen MR) is 64.3 cm³/mol. The second-order valence-electron chi connectivity index (χ2n) is 3.47. The van der Waals surface area contributed by atoms with Crippen molar-refractivity contribution in [2.24, 2.45) is 0 Å². The van der Waals surface area contributed by atoms with E-state index in [2.05, 4.69) is 4.98 Å². The Labute approximate surface area is 99.2 Å². The molecule has 17 heavy (non-hydrogen) atoms. The first-order chi connectivity index (χ1) is 8.26. The molecule has 1 heterocycles. The Morgan fingerprint density at radius 1 is 1.41 bits per heavy atom. The maximum Gasteiger partial charge on any atom is 0.339 e. The van der Waals surface area contributed by atoms with E-state index in [0.717, 1.165) is 10.9 Å². The van der Waals surface area contributed by atoms with Gasteiger partial charge in [0.1, 0.15) is 5.75 Å². The van der Waals surface area contributed by atoms with Gasteiger partial charge in [-0.25, -0.2) is 4.79 Å². The van der Waals surface area contributed by atoms with Gasteiger partial charge in [0.05, 0.1) is 24.8 Å². The third kappa shape index (κ3) is 2.20. The fourth-order valence-corrected chi connectivity index (χ4v) is 1.63. The van der Waals surface area contributed by atoms with E-state index in [0.29, 0.717) is 17.9 Å². The quantitative estimate of drug-likeness (QED) is 0.761. The van der Waals surface area contributed by atoms with Gasteiger partial charge in [-0.3, -0.25) is 4.98 Å². The molecule has 0 spiro atoms. The van der Waals surface area contributed by atoms with Gasteiger partial charge in [0, 0.05) is 11.6 Å². The molecular weight excluding hydrogens is 218 g/mol. The Kier molecular flexibility index (Phi) is 3.23. The summed E-state index contributed by atoms with van der Waals surface area (Å²) in [6.07, 6.45) is 1.51. The molecule has 0 unspecified atom stereocenters. The van der Waals surface area contributed by atoms with E-state index in [1.54, 1.807) is 20.1 Å². The Hall–Kier alpha value is -2.10. The number of aromatic nitrogens is 1. The fourth-order valence-electron chi connectivity index (χ4n) is 1.63. The fraction of sp³-hybridized carbons (Fsp3) is 0.231. The summed E-state index contributed by atoms with van der Waals surface area (Å²) >= 11 is 0. The number of ether oxygens (including phenoxy) is 2. The van der Waals surface area contributed by atoms with Gasteiger partial charge in [-0.2, -0.15) is 0 Å². The zero-order valence-corrected chi connectivity index (χ0v) is 9.77. The predicted octanol–water partition coefficient (Wildman–Crippen LogP) is 2.42. The zero-order chi connectivity index (χ0) is 12.3. The summed E-state index contributed by atoms with van der Waals surface area (Å²) in [5.74, 6) is 0.328. The maximum atomic E-state index is 11.6. The molecule has 0 aliphatic heterocycles. The average Bonchev–Trinajstić information content (AvgIpc) is 2.37. The Morgan fingerprint density at radius 2 is 2.24 bits per heavy atom. The molecule has 0 aliphatic rings. The number of nitrogens with zero attached hydrogens (tertiary/aromatic N) is 1. The van der Waals surface area contributed by atoms with Gasteiger partial charge < -0.3 is 9.47 Å². The van der Waals surface area contributed by atoms with Gasteiger partial charge in [0.25, 0.3) is 0 Å². The molecule has 2 rings (SSSR count). The molecular formula is C13H13NO3. The minimum Gasteiger partial charge on any atom is -0.496 e. The van der Waals surface area contributed by atoms with Gasteiger partial charge in [-0.15, -0.1) is 0 Å². The third-order valence-electron chi connectivity index (χ3n) is 2.42. The highest BCUT2D eigenvalue weighted by molar-refractivity contribution is 5.95. The molecule has 0 radical (unpaired) electrons. The number of methoxy groups -OCH3 is 1. The first-order valence-corrected chi connectivity index (χ1v) is 5.36. The van der Waals surface area contributed by atoms with Crippen molar-refractivity contribution in [1.29, 1.82) is 0 Å². The van der Waals surface area contributed by atoms with Crippen LogP contribution in [0.4, 0.5) is 0 Å². The summed E-state index contributed by atoms with van der Waals surface area (Å²) in [4.78, 5) is 15.8. The number of pyridine rings is 1. The molecule has 0 amide bonds. The normalized spacial score (nSPS) is 10.2. The largest absolute Gasteiger partial charge is 0.496 e. The molecule has 2 aromatic rings. The minimum atomic E-state index is -0.368. The van der Waals surface area contributed by atoms with Crippen molar-refractivity contribution in [3.63, 3.8) is 0 Å². The van der Waals surface area contributed by atoms with E-state index >= 15 is 0 Å². The first kappa shape index (κ1) is 11.4. The molecule has 1 aromatic heterocycles. The van der Waals surface area contributed by atoms with Gasteiger partial charge in [0.15, 0.2) is 0 Å². The van der Waals surface area contributed by atoms with Gasteiger partial charge in [-0.1, -0.05) is 6.07 Å². The third-order valence-corrected chi connectivity index (χ3v) is 2.42. The van der Waals surface area contributed by atoms with Crippen LogP contribution in [-0.4, -0.2) is 24.7 Å². The smallest absolute Gasteiger partial charge is 0.339 e. The van der Waals surface area contributed by atoms with Crippen LogP contribution in [0, 0.1) is 0 Å². The van der Waals surface area contributed by atoms with Crippen LogP contribution in [0.1, 0.15) is 17.3 Å². The molecule has 1 aromatic carbocycles. The molecule has 0 atom stereocenters. The zero-order valence-electron chi connectivity index (χ0n) is 9.77. The van der Waals surface area contributed by atoms with Crippen molar-refractivity contribution < 1.29 is 14.3 Å². The lowest BCUT2D eigenvalue weighted by Crippen LogP contribution is -2.05. The molecule has 0 saturated heterocycles. The molecule has 4 heteroatoms. The summed E-state index contributed by atoms with van der Waals surface area (Å²) in [6.45, 7) is 2.12. The molecule has 0 aliphatic carbocycles. The van der Waals surface area contributed by atoms with Crippen molar-refractivity contribution in [1.82, 2.24) is 4.98 Å². The van der Waals surface area contributed by atoms with Crippen molar-refractivity contribution >= 4 is 16.9 Å². The second-order valence-corrected chi connectivity index (χ2v) is 3.47. The van der Waals surface area contributed by atoms with Crippen molar-refractivity contribution in [2.75, 3.05) is 13.7 Å². The van der Waals surface area contributed by atoms with E-state index in [1.165, 1.54) is 6.20 Å². The van der Waals surface area contributed by atoms with Crippen LogP contribution < -0.4 is 4.74 Å². The Morgan fingerprint density at radius 3 is 2.94 bits per heavy atom. The van der Waals surface area contributed by atoms with E-state index in [1.807, 2.05) is 18.2 Å². The van der Waals surface area contributed by atoms with E-state index in [-0.39, 0.29) is 5.97 Å². The second kappa shape index (κ2) is 4.82. The van der Waals surface area contributed by atoms with E-state index < -0.39 is 0 Å². The number of hydrogen-bond donors (Lipinski definition) is 0. The number of rotatable bonds is 3. The lowest BCUT2D eigenvalue weighted by Gasteiger charge is -2.06. The summed E-state index contributed by atoms with van der Waals surface area (Å²) < 4.78 is 10.2. The SMILES string of the molecule is CCOC(=O)c1cnc2cccc(OC)c2c1. The van der Waals surface area contributed by atoms with Crippen LogP contribution in [0.5, 0.6) is 5.75 Å². The first-order valence-electron chi connectivity index (χ1n) is 5.36. The van der Waals surface area contributed by atoms with Crippen molar-refractivity contribution in [3.05, 3.63) is 36.0 Å². The molecule has 88 valence electrons. The molecule has 0 N–H and O–H groups in total. The molecule has 4 nitrogen and oxygen atoms in total. The highest BCUT2D eigenvalue weighted by Gasteiger charge is 2.10. The monoisotopic (exact) mass is 231 g/mol. The summed E-state index contributed by atoms with van der Waals surface area (Å²) in [7, 11) is 1.59. The topological polar surface area (TPSA) is 48.4 Å². The van der Waals surface area contributed by atoms with Gasteiger partial charge in [-0.05, 0) is 25.1 Å². The minimum absolute atomic E-state index is 0.350. The van der Waals surface area contributed by atoms with Crippen LogP contribution in [0.15, 0.2) is 30.5 Å². The molecule has 0 bridgehead atoms. The average molecular weight is 231 g/mol. The molecule has 0 fully saturated rings. The van der Waals surface area contributed by atoms with Crippen LogP contribution >= 0.6 is 0 Å². The number of fused-ring (bicyclic) bond motifs is 1. The Bertz CT molecular complexity index is 551. The highest BCUT2D eigenvalue weighted by atomic mass is 16.5. The Balaban J connectivity index is 2.52. The highest BCUT2D eigenvalue weighted by Crippen LogP contribution is 2.24. The number of carbonyl (C=O) groups is 1. The standard InChI is InChI=1S/C13H13NO3/c1-3-17-13(15)9-7-10-11(14-8-9)5-4-6-12(10)16-2/h4-8H,3H2,1-2H3. The van der Waals surface area contributed by atoms with Crippen LogP contribution in [0.2, 0.25) is 0 Å². The van der Waals surface area contributed by atoms with Crippen LogP contribution in [-0.2, 0) is 4.74 Å². The van der Waals surface area contributed by atoms with Crippen molar-refractivity contribution in [2.45, 2.75) is 6.92 Å². The van der Waals surface area contributed by atoms with Crippen LogP contribution in [0.3, 0.4) is 0 Å². The van der Waals surface area contributed by atoms with Crippen molar-refractivity contribution in [3.8, 4) is 5.75 Å². The van der Waals surface area contributed by atoms with Gasteiger partial charge in [0.2, 0.25) is 0 Å². The lowest BCUT2D eigenvalue weighted by atomic mass is 10.1. The summed E-state index contributed by atoms with van der Waals surface area (Å²) in [5.41, 5.74) is 1.22. The maximum absolute atomic E-state index is 11.6. The number of hydrogen-bond acceptors (Lipinski definition) is 4. The number of carbonyl (C=O) groups excluding carboxylic acids is 1. The summed E-state index contributed by atoms with van der Waals surface area (Å²) in [6, 6.07) is 7.29. The number of esters is 1. The molecule has 0 saturated carbocycles. The summed E-state index contributed by atoms with van der Waals surface area (Å²) in [5, 5.41) is 0.806.